The molecule has 11 heteroatoms. The number of imidazole rings is 1. The third kappa shape index (κ3) is 15.1. The average Bonchev–Trinajstić information content (AvgIpc) is 3.32. The van der Waals surface area contributed by atoms with Crippen LogP contribution < -0.4 is 5.73 Å². The molecule has 220 valence electrons. The van der Waals surface area contributed by atoms with Gasteiger partial charge in [0, 0.05) is 6.42 Å². The first kappa shape index (κ1) is 33.6. The first-order valence-corrected chi connectivity index (χ1v) is 17.3. The topological polar surface area (TPSA) is 125 Å². The van der Waals surface area contributed by atoms with Crippen LogP contribution in [0.4, 0.5) is 5.82 Å². The highest BCUT2D eigenvalue weighted by molar-refractivity contribution is 7.99. The molecule has 0 fully saturated rings. The number of aromatic nitrogens is 4. The molecule has 0 saturated carbocycles. The summed E-state index contributed by atoms with van der Waals surface area (Å²) in [5.74, 6) is 5.09. The molecule has 0 aliphatic heterocycles. The van der Waals surface area contributed by atoms with Gasteiger partial charge in [-0.05, 0) is 37.7 Å². The number of unbranched alkanes of at least 4 members (excludes halogenated alkanes) is 12. The smallest absolute Gasteiger partial charge is 0.353 e. The van der Waals surface area contributed by atoms with Gasteiger partial charge in [0.05, 0.1) is 25.6 Å². The van der Waals surface area contributed by atoms with Crippen molar-refractivity contribution in [3.8, 4) is 12.3 Å². The van der Waals surface area contributed by atoms with E-state index in [1.807, 2.05) is 18.7 Å². The molecule has 0 aliphatic rings. The highest BCUT2D eigenvalue weighted by Gasteiger charge is 2.21. The molecule has 39 heavy (non-hydrogen) atoms. The van der Waals surface area contributed by atoms with Crippen LogP contribution in [-0.2, 0) is 20.4 Å². The van der Waals surface area contributed by atoms with Gasteiger partial charge in [-0.15, -0.1) is 12.3 Å². The number of nitrogen functional groups attached to an aromatic ring is 1. The summed E-state index contributed by atoms with van der Waals surface area (Å²) in [7, 11) is -3.79. The molecule has 0 bridgehead atoms. The Bertz CT molecular complexity index is 1020. The van der Waals surface area contributed by atoms with Crippen molar-refractivity contribution in [3.63, 3.8) is 0 Å². The summed E-state index contributed by atoms with van der Waals surface area (Å²) in [5.41, 5.74) is 6.94. The van der Waals surface area contributed by atoms with Gasteiger partial charge in [-0.2, -0.15) is 11.8 Å². The van der Waals surface area contributed by atoms with Crippen LogP contribution in [0.3, 0.4) is 0 Å². The molecular formula is C28H48N5O4PS. The van der Waals surface area contributed by atoms with Gasteiger partial charge in [-0.3, -0.25) is 4.57 Å². The predicted molar refractivity (Wildman–Crippen MR) is 162 cm³/mol. The molecule has 2 aromatic rings. The number of anilines is 1. The van der Waals surface area contributed by atoms with Crippen molar-refractivity contribution in [1.82, 2.24) is 19.5 Å². The number of hydrogen-bond acceptors (Lipinski definition) is 8. The molecule has 2 rings (SSSR count). The number of thioether (sulfide) groups is 1. The van der Waals surface area contributed by atoms with Crippen LogP contribution in [0.1, 0.15) is 96.8 Å². The molecule has 2 aromatic heterocycles. The SMILES string of the molecule is C#CCCCCCCCCCCCCCCSCCCOP(=O)(O)CO[C@H](C)Cn1cnc2c(N)ncnc21. The van der Waals surface area contributed by atoms with E-state index in [2.05, 4.69) is 20.9 Å². The van der Waals surface area contributed by atoms with E-state index >= 15 is 0 Å². The summed E-state index contributed by atoms with van der Waals surface area (Å²) in [6, 6.07) is 0. The lowest BCUT2D eigenvalue weighted by molar-refractivity contribution is 0.0718. The van der Waals surface area contributed by atoms with Crippen LogP contribution in [0, 0.1) is 12.3 Å². The minimum absolute atomic E-state index is 0.256. The van der Waals surface area contributed by atoms with E-state index in [9.17, 15) is 9.46 Å². The molecule has 1 unspecified atom stereocenters. The fraction of sp³-hybridized carbons (Fsp3) is 0.750. The van der Waals surface area contributed by atoms with Gasteiger partial charge in [0.1, 0.15) is 18.2 Å². The zero-order chi connectivity index (χ0) is 28.2. The van der Waals surface area contributed by atoms with Gasteiger partial charge in [0.15, 0.2) is 11.5 Å². The maximum Gasteiger partial charge on any atom is 0.353 e. The largest absolute Gasteiger partial charge is 0.382 e. The zero-order valence-electron chi connectivity index (χ0n) is 23.6. The number of nitrogens with zero attached hydrogens (tertiary/aromatic N) is 4. The summed E-state index contributed by atoms with van der Waals surface area (Å²) in [6.07, 6.45) is 25.0. The Morgan fingerprint density at radius 2 is 1.62 bits per heavy atom. The molecule has 2 heterocycles. The monoisotopic (exact) mass is 581 g/mol. The van der Waals surface area contributed by atoms with Crippen LogP contribution in [0.25, 0.3) is 11.2 Å². The number of rotatable bonds is 24. The standard InChI is InChI=1S/C28H48N5O4PS/c1-3-4-5-6-7-8-9-10-11-12-13-14-15-16-19-39-20-17-18-37-38(34,35)24-36-25(2)21-33-23-32-26-27(29)30-22-31-28(26)33/h1,22-23,25H,4-21,24H2,2H3,(H,34,35)(H2,29,30,31)/t25-/m1/s1. The molecule has 0 amide bonds. The van der Waals surface area contributed by atoms with Crippen molar-refractivity contribution < 1.29 is 18.7 Å². The van der Waals surface area contributed by atoms with Crippen LogP contribution >= 0.6 is 19.4 Å². The summed E-state index contributed by atoms with van der Waals surface area (Å²) in [4.78, 5) is 22.4. The number of ether oxygens (including phenoxy) is 1. The summed E-state index contributed by atoms with van der Waals surface area (Å²) < 4.78 is 24.9. The van der Waals surface area contributed by atoms with E-state index in [-0.39, 0.29) is 19.1 Å². The normalized spacial score (nSPS) is 13.9. The lowest BCUT2D eigenvalue weighted by atomic mass is 10.0. The van der Waals surface area contributed by atoms with Crippen molar-refractivity contribution >= 4 is 36.3 Å². The third-order valence-electron chi connectivity index (χ3n) is 6.49. The van der Waals surface area contributed by atoms with E-state index in [0.29, 0.717) is 23.5 Å². The number of nitrogens with two attached hydrogens (primary N) is 1. The van der Waals surface area contributed by atoms with Crippen molar-refractivity contribution in [2.24, 2.45) is 0 Å². The number of terminal acetylenes is 1. The average molecular weight is 582 g/mol. The van der Waals surface area contributed by atoms with E-state index in [1.54, 1.807) is 10.9 Å². The van der Waals surface area contributed by atoms with E-state index < -0.39 is 7.60 Å². The summed E-state index contributed by atoms with van der Waals surface area (Å²) in [6.45, 7) is 2.49. The summed E-state index contributed by atoms with van der Waals surface area (Å²) >= 11 is 1.89. The van der Waals surface area contributed by atoms with Gasteiger partial charge >= 0.3 is 7.60 Å². The Balaban J connectivity index is 1.38. The Hall–Kier alpha value is -1.63. The molecule has 0 saturated heterocycles. The number of fused-ring (bicyclic) bond motifs is 1. The van der Waals surface area contributed by atoms with Crippen molar-refractivity contribution in [3.05, 3.63) is 12.7 Å². The second-order valence-electron chi connectivity index (χ2n) is 10.1. The van der Waals surface area contributed by atoms with Crippen molar-refractivity contribution in [2.75, 3.05) is 30.2 Å². The lowest BCUT2D eigenvalue weighted by Gasteiger charge is -2.17. The first-order chi connectivity index (χ1) is 18.9. The molecule has 0 aliphatic carbocycles. The van der Waals surface area contributed by atoms with Gasteiger partial charge < -0.3 is 24.5 Å². The quantitative estimate of drug-likeness (QED) is 0.0782. The molecule has 0 radical (unpaired) electrons. The van der Waals surface area contributed by atoms with E-state index in [4.69, 9.17) is 21.4 Å². The van der Waals surface area contributed by atoms with Gasteiger partial charge in [-0.25, -0.2) is 15.0 Å². The summed E-state index contributed by atoms with van der Waals surface area (Å²) in [5, 5.41) is 0. The first-order valence-electron chi connectivity index (χ1n) is 14.4. The Labute approximate surface area is 239 Å². The number of hydrogen-bond donors (Lipinski definition) is 2. The Morgan fingerprint density at radius 3 is 2.28 bits per heavy atom. The molecule has 0 aromatic carbocycles. The maximum absolute atomic E-state index is 12.3. The maximum atomic E-state index is 12.3. The fourth-order valence-electron chi connectivity index (χ4n) is 4.29. The Kier molecular flexibility index (Phi) is 17.5. The van der Waals surface area contributed by atoms with Gasteiger partial charge in [-0.1, -0.05) is 64.2 Å². The van der Waals surface area contributed by atoms with Crippen molar-refractivity contribution in [1.29, 1.82) is 0 Å². The molecule has 9 nitrogen and oxygen atoms in total. The second-order valence-corrected chi connectivity index (χ2v) is 13.1. The third-order valence-corrected chi connectivity index (χ3v) is 8.71. The van der Waals surface area contributed by atoms with Crippen LogP contribution in [-0.4, -0.2) is 55.0 Å². The van der Waals surface area contributed by atoms with Gasteiger partial charge in [0.25, 0.3) is 0 Å². The fourth-order valence-corrected chi connectivity index (χ4v) is 6.16. The molecule has 2 atom stereocenters. The van der Waals surface area contributed by atoms with Crippen LogP contribution in [0.5, 0.6) is 0 Å². The zero-order valence-corrected chi connectivity index (χ0v) is 25.3. The van der Waals surface area contributed by atoms with Crippen LogP contribution in [0.15, 0.2) is 12.7 Å². The van der Waals surface area contributed by atoms with E-state index in [0.717, 1.165) is 24.3 Å². The molecular weight excluding hydrogens is 533 g/mol. The van der Waals surface area contributed by atoms with Gasteiger partial charge in [0.2, 0.25) is 0 Å². The predicted octanol–water partition coefficient (Wildman–Crippen LogP) is 6.80. The highest BCUT2D eigenvalue weighted by Crippen LogP contribution is 2.42. The lowest BCUT2D eigenvalue weighted by Crippen LogP contribution is -2.17. The van der Waals surface area contributed by atoms with Crippen molar-refractivity contribution in [2.45, 2.75) is 109 Å². The minimum Gasteiger partial charge on any atom is -0.382 e. The highest BCUT2D eigenvalue weighted by atomic mass is 32.2. The second kappa shape index (κ2) is 20.3. The van der Waals surface area contributed by atoms with Crippen LogP contribution in [0.2, 0.25) is 0 Å². The Morgan fingerprint density at radius 1 is 1.00 bits per heavy atom. The van der Waals surface area contributed by atoms with E-state index in [1.165, 1.54) is 83.4 Å². The molecule has 3 N–H and O–H groups in total. The minimum atomic E-state index is -3.79. The molecule has 0 spiro atoms.